The number of benzene rings is 2. The Morgan fingerprint density at radius 1 is 1.12 bits per heavy atom. The number of hydrogen-bond acceptors (Lipinski definition) is 7. The van der Waals surface area contributed by atoms with Gasteiger partial charge in [0.05, 0.1) is 18.4 Å². The van der Waals surface area contributed by atoms with E-state index in [1.807, 2.05) is 6.07 Å². The number of nitrogens with zero attached hydrogens (tertiary/aromatic N) is 3. The largest absolute Gasteiger partial charge is 0.453 e. The second-order valence-corrected chi connectivity index (χ2v) is 7.47. The van der Waals surface area contributed by atoms with Crippen molar-refractivity contribution in [3.63, 3.8) is 0 Å². The number of aliphatic imine (C=N–C) groups is 1. The van der Waals surface area contributed by atoms with Crippen molar-refractivity contribution in [2.45, 2.75) is 11.9 Å². The van der Waals surface area contributed by atoms with Gasteiger partial charge in [-0.15, -0.1) is 0 Å². The van der Waals surface area contributed by atoms with Gasteiger partial charge in [0.1, 0.15) is 12.0 Å². The first-order valence-electron chi connectivity index (χ1n) is 9.19. The van der Waals surface area contributed by atoms with E-state index in [9.17, 15) is 18.0 Å². The molecule has 0 unspecified atom stereocenters. The molecule has 0 bridgehead atoms. The number of alkyl carbamates (subject to hydrolysis) is 1. The predicted octanol–water partition coefficient (Wildman–Crippen LogP) is 5.55. The number of rotatable bonds is 3. The normalized spacial score (nSPS) is 13.1. The van der Waals surface area contributed by atoms with E-state index >= 15 is 0 Å². The summed E-state index contributed by atoms with van der Waals surface area (Å²) in [6.07, 6.45) is -3.78. The summed E-state index contributed by atoms with van der Waals surface area (Å²) in [5, 5.41) is 2.91. The number of fused-ring (bicyclic) bond motifs is 1. The first kappa shape index (κ1) is 21.6. The Labute approximate surface area is 184 Å². The fraction of sp³-hybridized carbons (Fsp3) is 0.143. The van der Waals surface area contributed by atoms with Crippen LogP contribution in [0.3, 0.4) is 0 Å². The van der Waals surface area contributed by atoms with Crippen LogP contribution in [-0.2, 0) is 16.7 Å². The van der Waals surface area contributed by atoms with Crippen molar-refractivity contribution < 1.29 is 27.4 Å². The Balaban J connectivity index is 1.60. The molecule has 4 rings (SSSR count). The Hall–Kier alpha value is -3.60. The SMILES string of the molecule is COC(=O)NC1=Nc2c(cccc2Oc2cc(-c3ccc(C(F)(F)F)cc3)ncn2)CS1. The summed E-state index contributed by atoms with van der Waals surface area (Å²) in [7, 11) is 1.26. The van der Waals surface area contributed by atoms with Gasteiger partial charge in [-0.1, -0.05) is 36.0 Å². The van der Waals surface area contributed by atoms with Gasteiger partial charge in [-0.25, -0.2) is 19.8 Å². The molecule has 32 heavy (non-hydrogen) atoms. The predicted molar refractivity (Wildman–Crippen MR) is 113 cm³/mol. The van der Waals surface area contributed by atoms with E-state index in [0.717, 1.165) is 17.7 Å². The second-order valence-electron chi connectivity index (χ2n) is 6.50. The van der Waals surface area contributed by atoms with E-state index < -0.39 is 17.8 Å². The lowest BCUT2D eigenvalue weighted by atomic mass is 10.1. The van der Waals surface area contributed by atoms with E-state index in [4.69, 9.17) is 4.74 Å². The summed E-state index contributed by atoms with van der Waals surface area (Å²) in [6.45, 7) is 0. The highest BCUT2D eigenvalue weighted by Crippen LogP contribution is 2.40. The van der Waals surface area contributed by atoms with Crippen LogP contribution in [0.5, 0.6) is 11.6 Å². The van der Waals surface area contributed by atoms with Gasteiger partial charge in [0.25, 0.3) is 0 Å². The highest BCUT2D eigenvalue weighted by molar-refractivity contribution is 8.13. The summed E-state index contributed by atoms with van der Waals surface area (Å²) >= 11 is 1.34. The molecule has 1 aliphatic heterocycles. The summed E-state index contributed by atoms with van der Waals surface area (Å²) in [5.74, 6) is 1.17. The molecule has 2 aromatic carbocycles. The number of halogens is 3. The van der Waals surface area contributed by atoms with Gasteiger partial charge < -0.3 is 9.47 Å². The number of methoxy groups -OCH3 is 1. The van der Waals surface area contributed by atoms with Crippen LogP contribution in [0.25, 0.3) is 11.3 Å². The van der Waals surface area contributed by atoms with Gasteiger partial charge in [0.15, 0.2) is 10.9 Å². The average molecular weight is 460 g/mol. The number of alkyl halides is 3. The van der Waals surface area contributed by atoms with Crippen LogP contribution in [-0.4, -0.2) is 28.3 Å². The van der Waals surface area contributed by atoms with Crippen LogP contribution in [0, 0.1) is 0 Å². The van der Waals surface area contributed by atoms with E-state index in [1.165, 1.54) is 43.4 Å². The van der Waals surface area contributed by atoms with Crippen molar-refractivity contribution in [2.24, 2.45) is 4.99 Å². The van der Waals surface area contributed by atoms with Crippen LogP contribution >= 0.6 is 11.8 Å². The molecule has 11 heteroatoms. The molecule has 0 saturated heterocycles. The smallest absolute Gasteiger partial charge is 0.416 e. The lowest BCUT2D eigenvalue weighted by molar-refractivity contribution is -0.137. The number of carbonyl (C=O) groups is 1. The molecule has 164 valence electrons. The zero-order valence-electron chi connectivity index (χ0n) is 16.5. The van der Waals surface area contributed by atoms with Gasteiger partial charge in [0, 0.05) is 17.4 Å². The topological polar surface area (TPSA) is 85.7 Å². The highest BCUT2D eigenvalue weighted by atomic mass is 32.2. The number of amides is 1. The molecule has 2 heterocycles. The van der Waals surface area contributed by atoms with Gasteiger partial charge in [-0.05, 0) is 23.8 Å². The first-order chi connectivity index (χ1) is 15.3. The second kappa shape index (κ2) is 8.87. The fourth-order valence-electron chi connectivity index (χ4n) is 2.87. The third-order valence-corrected chi connectivity index (χ3v) is 5.34. The van der Waals surface area contributed by atoms with Crippen molar-refractivity contribution in [3.05, 3.63) is 66.0 Å². The van der Waals surface area contributed by atoms with E-state index in [0.29, 0.717) is 33.6 Å². The number of para-hydroxylation sites is 1. The number of ether oxygens (including phenoxy) is 2. The standard InChI is InChI=1S/C21H15F3N4O3S/c1-30-20(29)28-19-27-18-13(10-32-19)3-2-4-16(18)31-17-9-15(25-11-26-17)12-5-7-14(8-6-12)21(22,23)24/h2-9,11H,10H2,1H3,(H,27,28,29). The molecule has 0 fully saturated rings. The van der Waals surface area contributed by atoms with Crippen molar-refractivity contribution in [2.75, 3.05) is 7.11 Å². The first-order valence-corrected chi connectivity index (χ1v) is 10.2. The van der Waals surface area contributed by atoms with Crippen molar-refractivity contribution >= 4 is 28.7 Å². The van der Waals surface area contributed by atoms with Crippen molar-refractivity contribution in [1.29, 1.82) is 0 Å². The number of nitrogens with one attached hydrogen (secondary N) is 1. The Kier molecular flexibility index (Phi) is 5.99. The zero-order valence-corrected chi connectivity index (χ0v) is 17.3. The summed E-state index contributed by atoms with van der Waals surface area (Å²) in [4.78, 5) is 24.1. The lowest BCUT2D eigenvalue weighted by Crippen LogP contribution is -2.28. The van der Waals surface area contributed by atoms with Crippen LogP contribution in [0.2, 0.25) is 0 Å². The van der Waals surface area contributed by atoms with Crippen LogP contribution in [0.1, 0.15) is 11.1 Å². The summed E-state index contributed by atoms with van der Waals surface area (Å²) < 4.78 is 48.9. The summed E-state index contributed by atoms with van der Waals surface area (Å²) in [5.41, 5.74) is 1.59. The quantitative estimate of drug-likeness (QED) is 0.552. The van der Waals surface area contributed by atoms with Gasteiger partial charge in [-0.3, -0.25) is 5.32 Å². The number of aromatic nitrogens is 2. The maximum atomic E-state index is 12.8. The van der Waals surface area contributed by atoms with E-state index in [-0.39, 0.29) is 5.88 Å². The number of carbonyl (C=O) groups excluding carboxylic acids is 1. The molecule has 0 aliphatic carbocycles. The average Bonchev–Trinajstić information content (AvgIpc) is 2.79. The number of amidine groups is 1. The van der Waals surface area contributed by atoms with Crippen LogP contribution < -0.4 is 10.1 Å². The molecule has 1 aliphatic rings. The van der Waals surface area contributed by atoms with Crippen LogP contribution in [0.4, 0.5) is 23.7 Å². The lowest BCUT2D eigenvalue weighted by Gasteiger charge is -2.17. The van der Waals surface area contributed by atoms with Crippen molar-refractivity contribution in [3.8, 4) is 22.9 Å². The monoisotopic (exact) mass is 460 g/mol. The molecular weight excluding hydrogens is 445 g/mol. The van der Waals surface area contributed by atoms with Gasteiger partial charge in [-0.2, -0.15) is 13.2 Å². The minimum absolute atomic E-state index is 0.194. The molecule has 0 saturated carbocycles. The molecule has 7 nitrogen and oxygen atoms in total. The van der Waals surface area contributed by atoms with Crippen LogP contribution in [0.15, 0.2) is 59.9 Å². The van der Waals surface area contributed by atoms with Gasteiger partial charge >= 0.3 is 12.3 Å². The van der Waals surface area contributed by atoms with E-state index in [2.05, 4.69) is 25.0 Å². The fourth-order valence-corrected chi connectivity index (χ4v) is 3.71. The molecule has 1 N–H and O–H groups in total. The molecule has 3 aromatic rings. The molecule has 0 spiro atoms. The molecular formula is C21H15F3N4O3S. The zero-order chi connectivity index (χ0) is 22.7. The summed E-state index contributed by atoms with van der Waals surface area (Å²) in [6, 6.07) is 11.6. The minimum Gasteiger partial charge on any atom is -0.453 e. The Morgan fingerprint density at radius 3 is 2.62 bits per heavy atom. The van der Waals surface area contributed by atoms with Crippen molar-refractivity contribution in [1.82, 2.24) is 15.3 Å². The third kappa shape index (κ3) is 4.83. The number of thioether (sulfide) groups is 1. The Bertz CT molecular complexity index is 1180. The maximum Gasteiger partial charge on any atom is 0.416 e. The molecule has 0 radical (unpaired) electrons. The molecule has 1 aromatic heterocycles. The van der Waals surface area contributed by atoms with E-state index in [1.54, 1.807) is 12.1 Å². The highest BCUT2D eigenvalue weighted by Gasteiger charge is 2.30. The maximum absolute atomic E-state index is 12.8. The molecule has 0 atom stereocenters. The third-order valence-electron chi connectivity index (χ3n) is 4.42. The Morgan fingerprint density at radius 2 is 1.91 bits per heavy atom. The minimum atomic E-state index is -4.41. The van der Waals surface area contributed by atoms with Gasteiger partial charge in [0.2, 0.25) is 5.88 Å². The number of hydrogen-bond donors (Lipinski definition) is 1. The molecule has 1 amide bonds.